The SMILES string of the molecule is O=C(COc1ccc(Br)cc1F)OCC(=O)N(C1CCCC1)C1CCS(=O)(=O)C1. The third-order valence-corrected chi connectivity index (χ3v) is 7.45. The standard InChI is InChI=1S/C19H23BrFNO6S/c20-13-5-6-17(16(21)9-13)27-11-19(24)28-10-18(23)22(14-3-1-2-4-14)15-7-8-29(25,26)12-15/h5-6,9,14-15H,1-4,7-8,10-12H2. The molecule has 1 atom stereocenters. The second kappa shape index (κ2) is 9.42. The van der Waals surface area contributed by atoms with Crippen LogP contribution < -0.4 is 4.74 Å². The van der Waals surface area contributed by atoms with E-state index in [0.29, 0.717) is 10.9 Å². The lowest BCUT2D eigenvalue weighted by atomic mass is 10.1. The minimum Gasteiger partial charge on any atom is -0.479 e. The van der Waals surface area contributed by atoms with Crippen molar-refractivity contribution in [2.24, 2.45) is 0 Å². The lowest BCUT2D eigenvalue weighted by molar-refractivity contribution is -0.155. The zero-order valence-electron chi connectivity index (χ0n) is 15.8. The van der Waals surface area contributed by atoms with Gasteiger partial charge in [0.25, 0.3) is 5.91 Å². The van der Waals surface area contributed by atoms with Crippen LogP contribution in [-0.4, -0.2) is 62.0 Å². The summed E-state index contributed by atoms with van der Waals surface area (Å²) in [6.07, 6.45) is 4.02. The van der Waals surface area contributed by atoms with E-state index < -0.39 is 40.7 Å². The van der Waals surface area contributed by atoms with Crippen molar-refractivity contribution in [1.82, 2.24) is 4.90 Å². The third kappa shape index (κ3) is 5.91. The number of esters is 1. The highest BCUT2D eigenvalue weighted by molar-refractivity contribution is 9.10. The summed E-state index contributed by atoms with van der Waals surface area (Å²) in [7, 11) is -3.14. The Bertz CT molecular complexity index is 871. The van der Waals surface area contributed by atoms with Crippen LogP contribution in [0.2, 0.25) is 0 Å². The Morgan fingerprint density at radius 2 is 1.86 bits per heavy atom. The molecule has 1 saturated carbocycles. The fourth-order valence-corrected chi connectivity index (χ4v) is 5.91. The van der Waals surface area contributed by atoms with Crippen LogP contribution in [0.25, 0.3) is 0 Å². The van der Waals surface area contributed by atoms with E-state index in [2.05, 4.69) is 15.9 Å². The van der Waals surface area contributed by atoms with Crippen LogP contribution in [0.5, 0.6) is 5.75 Å². The molecule has 3 rings (SSSR count). The molecule has 1 aliphatic heterocycles. The first-order valence-corrected chi connectivity index (χ1v) is 12.1. The number of carbonyl (C=O) groups is 2. The van der Waals surface area contributed by atoms with E-state index in [-0.39, 0.29) is 29.3 Å². The quantitative estimate of drug-likeness (QED) is 0.544. The molecule has 1 aromatic carbocycles. The van der Waals surface area contributed by atoms with Gasteiger partial charge in [-0.15, -0.1) is 0 Å². The summed E-state index contributed by atoms with van der Waals surface area (Å²) in [4.78, 5) is 26.3. The topological polar surface area (TPSA) is 90.0 Å². The van der Waals surface area contributed by atoms with Crippen molar-refractivity contribution in [3.05, 3.63) is 28.5 Å². The molecule has 29 heavy (non-hydrogen) atoms. The summed E-state index contributed by atoms with van der Waals surface area (Å²) in [6.45, 7) is -1.02. The molecule has 0 radical (unpaired) electrons. The van der Waals surface area contributed by atoms with Crippen LogP contribution in [0.15, 0.2) is 22.7 Å². The number of benzene rings is 1. The molecule has 1 heterocycles. The number of hydrogen-bond donors (Lipinski definition) is 0. The van der Waals surface area contributed by atoms with Crippen molar-refractivity contribution in [3.63, 3.8) is 0 Å². The van der Waals surface area contributed by atoms with Gasteiger partial charge >= 0.3 is 5.97 Å². The number of ether oxygens (including phenoxy) is 2. The zero-order valence-corrected chi connectivity index (χ0v) is 18.2. The Labute approximate surface area is 177 Å². The first-order chi connectivity index (χ1) is 13.7. The molecular weight excluding hydrogens is 469 g/mol. The van der Waals surface area contributed by atoms with Crippen molar-refractivity contribution >= 4 is 37.6 Å². The van der Waals surface area contributed by atoms with Crippen molar-refractivity contribution in [2.75, 3.05) is 24.7 Å². The van der Waals surface area contributed by atoms with Crippen molar-refractivity contribution < 1.29 is 31.9 Å². The van der Waals surface area contributed by atoms with Gasteiger partial charge in [-0.2, -0.15) is 0 Å². The third-order valence-electron chi connectivity index (χ3n) is 5.20. The van der Waals surface area contributed by atoms with Gasteiger partial charge in [0.05, 0.1) is 11.5 Å². The second-order valence-electron chi connectivity index (χ2n) is 7.32. The number of hydrogen-bond acceptors (Lipinski definition) is 6. The molecule has 1 amide bonds. The van der Waals surface area contributed by atoms with Gasteiger partial charge in [0, 0.05) is 16.6 Å². The fourth-order valence-electron chi connectivity index (χ4n) is 3.87. The summed E-state index contributed by atoms with van der Waals surface area (Å²) in [5.41, 5.74) is 0. The predicted molar refractivity (Wildman–Crippen MR) is 107 cm³/mol. The highest BCUT2D eigenvalue weighted by atomic mass is 79.9. The van der Waals surface area contributed by atoms with E-state index in [1.54, 1.807) is 11.0 Å². The maximum Gasteiger partial charge on any atom is 0.344 e. The van der Waals surface area contributed by atoms with Gasteiger partial charge in [0.15, 0.2) is 34.6 Å². The van der Waals surface area contributed by atoms with Crippen LogP contribution in [0.1, 0.15) is 32.1 Å². The Morgan fingerprint density at radius 1 is 1.14 bits per heavy atom. The normalized spacial score (nSPS) is 21.1. The number of sulfone groups is 1. The number of rotatable bonds is 7. The highest BCUT2D eigenvalue weighted by Crippen LogP contribution is 2.29. The van der Waals surface area contributed by atoms with Crippen molar-refractivity contribution in [2.45, 2.75) is 44.2 Å². The van der Waals surface area contributed by atoms with E-state index in [9.17, 15) is 22.4 Å². The molecule has 7 nitrogen and oxygen atoms in total. The second-order valence-corrected chi connectivity index (χ2v) is 10.5. The minimum atomic E-state index is -3.14. The molecule has 0 aromatic heterocycles. The van der Waals surface area contributed by atoms with Gasteiger partial charge in [-0.05, 0) is 37.5 Å². The van der Waals surface area contributed by atoms with Crippen molar-refractivity contribution in [3.8, 4) is 5.75 Å². The van der Waals surface area contributed by atoms with Crippen LogP contribution in [0.4, 0.5) is 4.39 Å². The molecule has 1 aromatic rings. The molecule has 1 saturated heterocycles. The molecule has 10 heteroatoms. The van der Waals surface area contributed by atoms with Crippen LogP contribution in [0, 0.1) is 5.82 Å². The first kappa shape index (κ1) is 22.0. The molecular formula is C19H23BrFNO6S. The number of nitrogens with zero attached hydrogens (tertiary/aromatic N) is 1. The predicted octanol–water partition coefficient (Wildman–Crippen LogP) is 2.47. The molecule has 0 bridgehead atoms. The zero-order chi connectivity index (χ0) is 21.0. The van der Waals surface area contributed by atoms with Crippen LogP contribution >= 0.6 is 15.9 Å². The van der Waals surface area contributed by atoms with Gasteiger partial charge in [-0.3, -0.25) is 4.79 Å². The Balaban J connectivity index is 1.54. The largest absolute Gasteiger partial charge is 0.479 e. The molecule has 1 unspecified atom stereocenters. The smallest absolute Gasteiger partial charge is 0.344 e. The van der Waals surface area contributed by atoms with Crippen molar-refractivity contribution in [1.29, 1.82) is 0 Å². The van der Waals surface area contributed by atoms with Gasteiger partial charge < -0.3 is 14.4 Å². The van der Waals surface area contributed by atoms with Crippen LogP contribution in [-0.2, 0) is 24.2 Å². The van der Waals surface area contributed by atoms with Gasteiger partial charge in [-0.1, -0.05) is 28.8 Å². The van der Waals surface area contributed by atoms with E-state index in [1.165, 1.54) is 12.1 Å². The number of carbonyl (C=O) groups excluding carboxylic acids is 2. The monoisotopic (exact) mass is 491 g/mol. The molecule has 2 aliphatic rings. The maximum absolute atomic E-state index is 13.7. The fraction of sp³-hybridized carbons (Fsp3) is 0.579. The van der Waals surface area contributed by atoms with E-state index in [4.69, 9.17) is 9.47 Å². The van der Waals surface area contributed by atoms with E-state index in [1.807, 2.05) is 0 Å². The lowest BCUT2D eigenvalue weighted by Gasteiger charge is -2.33. The lowest BCUT2D eigenvalue weighted by Crippen LogP contribution is -2.48. The number of halogens is 2. The minimum absolute atomic E-state index is 0.0207. The summed E-state index contributed by atoms with van der Waals surface area (Å²) < 4.78 is 48.0. The van der Waals surface area contributed by atoms with Gasteiger partial charge in [0.2, 0.25) is 0 Å². The van der Waals surface area contributed by atoms with E-state index >= 15 is 0 Å². The first-order valence-electron chi connectivity index (χ1n) is 9.50. The highest BCUT2D eigenvalue weighted by Gasteiger charge is 2.39. The summed E-state index contributed by atoms with van der Waals surface area (Å²) in [5, 5.41) is 0. The molecule has 160 valence electrons. The number of amides is 1. The average molecular weight is 492 g/mol. The molecule has 0 spiro atoms. The summed E-state index contributed by atoms with van der Waals surface area (Å²) in [5.74, 6) is -1.90. The maximum atomic E-state index is 13.7. The van der Waals surface area contributed by atoms with E-state index in [0.717, 1.165) is 25.7 Å². The Hall–Kier alpha value is -1.68. The average Bonchev–Trinajstić information content (AvgIpc) is 3.29. The Kier molecular flexibility index (Phi) is 7.15. The Morgan fingerprint density at radius 3 is 2.48 bits per heavy atom. The molecule has 1 aliphatic carbocycles. The molecule has 2 fully saturated rings. The summed E-state index contributed by atoms with van der Waals surface area (Å²) in [6, 6.07) is 3.76. The van der Waals surface area contributed by atoms with Gasteiger partial charge in [0.1, 0.15) is 0 Å². The van der Waals surface area contributed by atoms with Crippen LogP contribution in [0.3, 0.4) is 0 Å². The van der Waals surface area contributed by atoms with Gasteiger partial charge in [-0.25, -0.2) is 17.6 Å². The molecule has 0 N–H and O–H groups in total. The summed E-state index contributed by atoms with van der Waals surface area (Å²) >= 11 is 3.13.